The normalized spacial score (nSPS) is 11.0. The maximum atomic E-state index is 12.2. The highest BCUT2D eigenvalue weighted by atomic mass is 79.9. The van der Waals surface area contributed by atoms with Crippen molar-refractivity contribution in [3.8, 4) is 0 Å². The van der Waals surface area contributed by atoms with Crippen molar-refractivity contribution < 1.29 is 9.47 Å². The highest BCUT2D eigenvalue weighted by molar-refractivity contribution is 9.10. The molecule has 0 atom stereocenters. The molecule has 2 rings (SSSR count). The summed E-state index contributed by atoms with van der Waals surface area (Å²) in [5.41, 5.74) is 1.84. The summed E-state index contributed by atoms with van der Waals surface area (Å²) in [7, 11) is 3.02. The Hall–Kier alpha value is -1.28. The van der Waals surface area contributed by atoms with Crippen molar-refractivity contribution in [2.24, 2.45) is 0 Å². The van der Waals surface area contributed by atoms with Crippen LogP contribution in [-0.4, -0.2) is 24.2 Å². The molecule has 0 saturated carbocycles. The number of aromatic amines is 2. The number of hydrogen-bond donors (Lipinski definition) is 2. The Morgan fingerprint density at radius 3 is 2.38 bits per heavy atom. The molecule has 0 bridgehead atoms. The van der Waals surface area contributed by atoms with E-state index in [0.717, 1.165) is 10.0 Å². The summed E-state index contributed by atoms with van der Waals surface area (Å²) in [6, 6.07) is 7.75. The zero-order valence-electron chi connectivity index (χ0n) is 11.6. The van der Waals surface area contributed by atoms with Gasteiger partial charge in [0, 0.05) is 30.7 Å². The predicted octanol–water partition coefficient (Wildman–Crippen LogP) is 3.08. The lowest BCUT2D eigenvalue weighted by molar-refractivity contribution is -0.109. The van der Waals surface area contributed by atoms with Crippen LogP contribution in [0, 0.1) is 4.77 Å². The molecule has 2 aromatic rings. The van der Waals surface area contributed by atoms with Gasteiger partial charge in [-0.2, -0.15) is 0 Å². The molecule has 1 heterocycles. The number of hydrogen-bond acceptors (Lipinski definition) is 4. The summed E-state index contributed by atoms with van der Waals surface area (Å²) < 4.78 is 11.7. The highest BCUT2D eigenvalue weighted by Gasteiger charge is 2.18. The second-order valence-electron chi connectivity index (χ2n) is 4.41. The molecule has 2 N–H and O–H groups in total. The third kappa shape index (κ3) is 3.88. The molecule has 1 aromatic carbocycles. The van der Waals surface area contributed by atoms with E-state index in [1.807, 2.05) is 24.3 Å². The molecule has 0 aliphatic heterocycles. The van der Waals surface area contributed by atoms with Gasteiger partial charge in [-0.25, -0.2) is 0 Å². The molecule has 21 heavy (non-hydrogen) atoms. The first-order valence-electron chi connectivity index (χ1n) is 6.20. The van der Waals surface area contributed by atoms with E-state index in [1.165, 1.54) is 14.2 Å². The summed E-state index contributed by atoms with van der Waals surface area (Å²) in [5, 5.41) is 0. The fourth-order valence-corrected chi connectivity index (χ4v) is 2.51. The average molecular weight is 371 g/mol. The SMILES string of the molecule is COC(OC)c1[nH]c(=S)[nH]c(=O)c1Cc1ccc(Br)cc1. The van der Waals surface area contributed by atoms with E-state index in [0.29, 0.717) is 17.7 Å². The minimum Gasteiger partial charge on any atom is -0.350 e. The molecule has 5 nitrogen and oxygen atoms in total. The van der Waals surface area contributed by atoms with Crippen LogP contribution in [0.3, 0.4) is 0 Å². The quantitative estimate of drug-likeness (QED) is 0.626. The van der Waals surface area contributed by atoms with Crippen molar-refractivity contribution in [2.75, 3.05) is 14.2 Å². The Labute approximate surface area is 135 Å². The molecule has 0 aliphatic rings. The van der Waals surface area contributed by atoms with Crippen LogP contribution in [0.5, 0.6) is 0 Å². The first kappa shape index (κ1) is 16.1. The summed E-state index contributed by atoms with van der Waals surface area (Å²) >= 11 is 8.40. The molecule has 0 aliphatic carbocycles. The number of halogens is 1. The number of aromatic nitrogens is 2. The monoisotopic (exact) mass is 370 g/mol. The topological polar surface area (TPSA) is 67.1 Å². The van der Waals surface area contributed by atoms with Gasteiger partial charge >= 0.3 is 0 Å². The van der Waals surface area contributed by atoms with Gasteiger partial charge in [0.05, 0.1) is 5.69 Å². The molecule has 1 aromatic heterocycles. The first-order valence-corrected chi connectivity index (χ1v) is 7.40. The van der Waals surface area contributed by atoms with Crippen molar-refractivity contribution in [2.45, 2.75) is 12.7 Å². The molecule has 0 radical (unpaired) electrons. The van der Waals surface area contributed by atoms with Gasteiger partial charge in [0.2, 0.25) is 0 Å². The second-order valence-corrected chi connectivity index (χ2v) is 5.73. The average Bonchev–Trinajstić information content (AvgIpc) is 2.46. The van der Waals surface area contributed by atoms with Crippen LogP contribution in [0.2, 0.25) is 0 Å². The summed E-state index contributed by atoms with van der Waals surface area (Å²) in [6.45, 7) is 0. The van der Waals surface area contributed by atoms with E-state index in [-0.39, 0.29) is 10.3 Å². The molecule has 0 saturated heterocycles. The highest BCUT2D eigenvalue weighted by Crippen LogP contribution is 2.20. The third-order valence-electron chi connectivity index (χ3n) is 3.03. The third-order valence-corrected chi connectivity index (χ3v) is 3.77. The standard InChI is InChI=1S/C14H15BrN2O3S/c1-19-13(20-2)11-10(12(18)17-14(21)16-11)7-8-3-5-9(15)6-4-8/h3-6,13H,7H2,1-2H3,(H2,16,17,18,21). The van der Waals surface area contributed by atoms with E-state index in [1.54, 1.807) is 0 Å². The fourth-order valence-electron chi connectivity index (χ4n) is 2.04. The molecule has 7 heteroatoms. The molecule has 0 fully saturated rings. The van der Waals surface area contributed by atoms with Gasteiger partial charge in [-0.05, 0) is 29.9 Å². The van der Waals surface area contributed by atoms with Crippen LogP contribution in [0.15, 0.2) is 33.5 Å². The molecule has 112 valence electrons. The number of H-pyrrole nitrogens is 2. The van der Waals surface area contributed by atoms with E-state index in [4.69, 9.17) is 21.7 Å². The Bertz CT molecular complexity index is 720. The van der Waals surface area contributed by atoms with Crippen LogP contribution in [0.25, 0.3) is 0 Å². The Morgan fingerprint density at radius 1 is 1.19 bits per heavy atom. The second kappa shape index (κ2) is 7.13. The van der Waals surface area contributed by atoms with Gasteiger partial charge in [-0.1, -0.05) is 28.1 Å². The first-order chi connectivity index (χ1) is 10.0. The van der Waals surface area contributed by atoms with Crippen molar-refractivity contribution in [1.82, 2.24) is 9.97 Å². The van der Waals surface area contributed by atoms with E-state index < -0.39 is 6.29 Å². The van der Waals surface area contributed by atoms with E-state index in [9.17, 15) is 4.79 Å². The van der Waals surface area contributed by atoms with Crippen molar-refractivity contribution in [3.05, 3.63) is 60.7 Å². The lowest BCUT2D eigenvalue weighted by Gasteiger charge is -2.16. The number of ether oxygens (including phenoxy) is 2. The largest absolute Gasteiger partial charge is 0.350 e. The van der Waals surface area contributed by atoms with E-state index in [2.05, 4.69) is 25.9 Å². The van der Waals surface area contributed by atoms with Crippen LogP contribution < -0.4 is 5.56 Å². The van der Waals surface area contributed by atoms with Crippen LogP contribution in [-0.2, 0) is 15.9 Å². The Balaban J connectivity index is 2.48. The van der Waals surface area contributed by atoms with Crippen molar-refractivity contribution in [3.63, 3.8) is 0 Å². The van der Waals surface area contributed by atoms with Gasteiger partial charge in [0.25, 0.3) is 5.56 Å². The van der Waals surface area contributed by atoms with Crippen LogP contribution in [0.4, 0.5) is 0 Å². The maximum Gasteiger partial charge on any atom is 0.255 e. The minimum atomic E-state index is -0.667. The zero-order valence-corrected chi connectivity index (χ0v) is 14.0. The van der Waals surface area contributed by atoms with Gasteiger partial charge in [-0.15, -0.1) is 0 Å². The lowest BCUT2D eigenvalue weighted by Crippen LogP contribution is -2.21. The van der Waals surface area contributed by atoms with Crippen molar-refractivity contribution in [1.29, 1.82) is 0 Å². The summed E-state index contributed by atoms with van der Waals surface area (Å²) in [5.74, 6) is 0. The van der Waals surface area contributed by atoms with Gasteiger partial charge < -0.3 is 14.5 Å². The van der Waals surface area contributed by atoms with Crippen LogP contribution in [0.1, 0.15) is 23.1 Å². The lowest BCUT2D eigenvalue weighted by atomic mass is 10.0. The predicted molar refractivity (Wildman–Crippen MR) is 86.0 cm³/mol. The van der Waals surface area contributed by atoms with Gasteiger partial charge in [-0.3, -0.25) is 9.78 Å². The number of rotatable bonds is 5. The molecular formula is C14H15BrN2O3S. The number of methoxy groups -OCH3 is 2. The zero-order chi connectivity index (χ0) is 15.4. The molecule has 0 amide bonds. The summed E-state index contributed by atoms with van der Waals surface area (Å²) in [4.78, 5) is 17.8. The number of benzene rings is 1. The minimum absolute atomic E-state index is 0.240. The Kier molecular flexibility index (Phi) is 5.46. The van der Waals surface area contributed by atoms with Gasteiger partial charge in [0.15, 0.2) is 11.1 Å². The molecule has 0 unspecified atom stereocenters. The molecule has 0 spiro atoms. The fraction of sp³-hybridized carbons (Fsp3) is 0.286. The number of nitrogens with one attached hydrogen (secondary N) is 2. The van der Waals surface area contributed by atoms with E-state index >= 15 is 0 Å². The smallest absolute Gasteiger partial charge is 0.255 e. The van der Waals surface area contributed by atoms with Gasteiger partial charge in [0.1, 0.15) is 0 Å². The Morgan fingerprint density at radius 2 is 1.81 bits per heavy atom. The maximum absolute atomic E-state index is 12.2. The summed E-state index contributed by atoms with van der Waals surface area (Å²) in [6.07, 6.45) is -0.216. The van der Waals surface area contributed by atoms with Crippen LogP contribution >= 0.6 is 28.1 Å². The van der Waals surface area contributed by atoms with Crippen molar-refractivity contribution >= 4 is 28.1 Å². The molecular weight excluding hydrogens is 356 g/mol.